The SMILES string of the molecule is CCOC(=O)N1CCN(C(=O)CC(=O)Nc2ccccc2CC)CC1. The first-order valence-corrected chi connectivity index (χ1v) is 8.62. The fourth-order valence-corrected chi connectivity index (χ4v) is 2.75. The lowest BCUT2D eigenvalue weighted by atomic mass is 10.1. The van der Waals surface area contributed by atoms with Crippen LogP contribution in [-0.2, 0) is 20.7 Å². The number of benzene rings is 1. The van der Waals surface area contributed by atoms with E-state index in [1.54, 1.807) is 16.7 Å². The summed E-state index contributed by atoms with van der Waals surface area (Å²) < 4.78 is 4.95. The number of nitrogens with one attached hydrogen (secondary N) is 1. The van der Waals surface area contributed by atoms with Crippen molar-refractivity contribution in [1.29, 1.82) is 0 Å². The molecule has 2 rings (SSSR count). The van der Waals surface area contributed by atoms with Gasteiger partial charge in [-0.15, -0.1) is 0 Å². The Kier molecular flexibility index (Phi) is 6.80. The van der Waals surface area contributed by atoms with Gasteiger partial charge in [0.2, 0.25) is 11.8 Å². The van der Waals surface area contributed by atoms with Crippen LogP contribution in [-0.4, -0.2) is 60.5 Å². The minimum absolute atomic E-state index is 0.197. The highest BCUT2D eigenvalue weighted by atomic mass is 16.6. The monoisotopic (exact) mass is 347 g/mol. The largest absolute Gasteiger partial charge is 0.450 e. The van der Waals surface area contributed by atoms with Gasteiger partial charge in [-0.25, -0.2) is 4.79 Å². The van der Waals surface area contributed by atoms with E-state index in [9.17, 15) is 14.4 Å². The van der Waals surface area contributed by atoms with Gasteiger partial charge < -0.3 is 19.9 Å². The zero-order valence-corrected chi connectivity index (χ0v) is 14.8. The molecule has 1 aromatic rings. The van der Waals surface area contributed by atoms with Crippen molar-refractivity contribution >= 4 is 23.6 Å². The normalized spacial score (nSPS) is 14.2. The van der Waals surface area contributed by atoms with Crippen LogP contribution in [0.15, 0.2) is 24.3 Å². The van der Waals surface area contributed by atoms with Gasteiger partial charge in [0, 0.05) is 31.9 Å². The summed E-state index contributed by atoms with van der Waals surface area (Å²) >= 11 is 0. The van der Waals surface area contributed by atoms with Crippen LogP contribution in [0.1, 0.15) is 25.8 Å². The third-order valence-electron chi connectivity index (χ3n) is 4.14. The molecule has 0 bridgehead atoms. The van der Waals surface area contributed by atoms with Crippen LogP contribution in [0.25, 0.3) is 0 Å². The molecule has 0 spiro atoms. The van der Waals surface area contributed by atoms with E-state index in [1.165, 1.54) is 0 Å². The maximum atomic E-state index is 12.3. The fourth-order valence-electron chi connectivity index (χ4n) is 2.75. The van der Waals surface area contributed by atoms with Gasteiger partial charge in [0.1, 0.15) is 6.42 Å². The molecule has 1 N–H and O–H groups in total. The minimum atomic E-state index is -0.358. The number of amides is 3. The topological polar surface area (TPSA) is 79.0 Å². The second-order valence-corrected chi connectivity index (χ2v) is 5.80. The van der Waals surface area contributed by atoms with Gasteiger partial charge in [-0.1, -0.05) is 25.1 Å². The van der Waals surface area contributed by atoms with E-state index in [-0.39, 0.29) is 24.3 Å². The number of aryl methyl sites for hydroxylation is 1. The Morgan fingerprint density at radius 3 is 2.32 bits per heavy atom. The lowest BCUT2D eigenvalue weighted by Crippen LogP contribution is -2.51. The quantitative estimate of drug-likeness (QED) is 0.825. The second-order valence-electron chi connectivity index (χ2n) is 5.80. The number of ether oxygens (including phenoxy) is 1. The van der Waals surface area contributed by atoms with E-state index >= 15 is 0 Å². The van der Waals surface area contributed by atoms with Gasteiger partial charge >= 0.3 is 6.09 Å². The smallest absolute Gasteiger partial charge is 0.409 e. The van der Waals surface area contributed by atoms with Crippen molar-refractivity contribution < 1.29 is 19.1 Å². The average molecular weight is 347 g/mol. The van der Waals surface area contributed by atoms with Crippen LogP contribution in [0.4, 0.5) is 10.5 Å². The van der Waals surface area contributed by atoms with E-state index in [0.717, 1.165) is 17.7 Å². The highest BCUT2D eigenvalue weighted by molar-refractivity contribution is 6.03. The lowest BCUT2D eigenvalue weighted by molar-refractivity contribution is -0.135. The van der Waals surface area contributed by atoms with Crippen LogP contribution in [0.5, 0.6) is 0 Å². The Morgan fingerprint density at radius 1 is 1.04 bits per heavy atom. The zero-order valence-electron chi connectivity index (χ0n) is 14.8. The van der Waals surface area contributed by atoms with Gasteiger partial charge in [-0.05, 0) is 25.0 Å². The third kappa shape index (κ3) is 5.20. The van der Waals surface area contributed by atoms with Crippen LogP contribution < -0.4 is 5.32 Å². The van der Waals surface area contributed by atoms with Crippen LogP contribution in [0.3, 0.4) is 0 Å². The van der Waals surface area contributed by atoms with E-state index in [4.69, 9.17) is 4.74 Å². The van der Waals surface area contributed by atoms with Gasteiger partial charge in [0.05, 0.1) is 6.61 Å². The summed E-state index contributed by atoms with van der Waals surface area (Å²) in [5.74, 6) is -0.547. The number of carbonyl (C=O) groups is 3. The number of carbonyl (C=O) groups excluding carboxylic acids is 3. The van der Waals surface area contributed by atoms with Gasteiger partial charge in [0.25, 0.3) is 0 Å². The minimum Gasteiger partial charge on any atom is -0.450 e. The van der Waals surface area contributed by atoms with E-state index in [1.807, 2.05) is 31.2 Å². The van der Waals surface area contributed by atoms with Crippen molar-refractivity contribution in [3.8, 4) is 0 Å². The van der Waals surface area contributed by atoms with Crippen LogP contribution >= 0.6 is 0 Å². The summed E-state index contributed by atoms with van der Waals surface area (Å²) in [6, 6.07) is 7.55. The predicted octanol–water partition coefficient (Wildman–Crippen LogP) is 1.88. The van der Waals surface area contributed by atoms with Gasteiger partial charge in [-0.3, -0.25) is 9.59 Å². The highest BCUT2D eigenvalue weighted by Crippen LogP contribution is 2.16. The Labute approximate surface area is 147 Å². The lowest BCUT2D eigenvalue weighted by Gasteiger charge is -2.34. The predicted molar refractivity (Wildman–Crippen MR) is 94.2 cm³/mol. The Hall–Kier alpha value is -2.57. The number of rotatable bonds is 5. The Bertz CT molecular complexity index is 625. The van der Waals surface area contributed by atoms with Gasteiger partial charge in [0.15, 0.2) is 0 Å². The van der Waals surface area contributed by atoms with E-state index in [2.05, 4.69) is 5.32 Å². The molecule has 3 amide bonds. The molecule has 1 aliphatic heterocycles. The van der Waals surface area contributed by atoms with Crippen LogP contribution in [0, 0.1) is 0 Å². The summed E-state index contributed by atoms with van der Waals surface area (Å²) in [6.07, 6.45) is 0.251. The first kappa shape index (κ1) is 18.8. The summed E-state index contributed by atoms with van der Waals surface area (Å²) in [5, 5.41) is 2.80. The summed E-state index contributed by atoms with van der Waals surface area (Å²) in [4.78, 5) is 39.3. The molecule has 0 saturated carbocycles. The molecule has 1 aliphatic rings. The molecule has 1 aromatic carbocycles. The average Bonchev–Trinajstić information content (AvgIpc) is 2.62. The summed E-state index contributed by atoms with van der Waals surface area (Å²) in [5.41, 5.74) is 1.78. The molecule has 7 nitrogen and oxygen atoms in total. The standard InChI is InChI=1S/C18H25N3O4/c1-3-14-7-5-6-8-15(14)19-16(22)13-17(23)20-9-11-21(12-10-20)18(24)25-4-2/h5-8H,3-4,9-13H2,1-2H3,(H,19,22). The zero-order chi connectivity index (χ0) is 18.2. The van der Waals surface area contributed by atoms with Crippen molar-refractivity contribution in [3.05, 3.63) is 29.8 Å². The molecule has 25 heavy (non-hydrogen) atoms. The van der Waals surface area contributed by atoms with Gasteiger partial charge in [-0.2, -0.15) is 0 Å². The number of para-hydroxylation sites is 1. The van der Waals surface area contributed by atoms with Crippen molar-refractivity contribution in [1.82, 2.24) is 9.80 Å². The maximum Gasteiger partial charge on any atom is 0.409 e. The number of hydrogen-bond acceptors (Lipinski definition) is 4. The molecule has 0 radical (unpaired) electrons. The molecule has 0 aromatic heterocycles. The number of anilines is 1. The molecule has 1 fully saturated rings. The number of nitrogens with zero attached hydrogens (tertiary/aromatic N) is 2. The molecule has 0 unspecified atom stereocenters. The van der Waals surface area contributed by atoms with Crippen molar-refractivity contribution in [2.75, 3.05) is 38.1 Å². The highest BCUT2D eigenvalue weighted by Gasteiger charge is 2.25. The summed E-state index contributed by atoms with van der Waals surface area (Å²) in [6.45, 7) is 5.77. The summed E-state index contributed by atoms with van der Waals surface area (Å²) in [7, 11) is 0. The Balaban J connectivity index is 1.82. The molecule has 0 aliphatic carbocycles. The molecule has 1 heterocycles. The first-order valence-electron chi connectivity index (χ1n) is 8.62. The van der Waals surface area contributed by atoms with Crippen molar-refractivity contribution in [3.63, 3.8) is 0 Å². The molecular weight excluding hydrogens is 322 g/mol. The van der Waals surface area contributed by atoms with E-state index < -0.39 is 0 Å². The van der Waals surface area contributed by atoms with Crippen molar-refractivity contribution in [2.24, 2.45) is 0 Å². The maximum absolute atomic E-state index is 12.3. The molecule has 136 valence electrons. The molecular formula is C18H25N3O4. The molecule has 1 saturated heterocycles. The fraction of sp³-hybridized carbons (Fsp3) is 0.500. The van der Waals surface area contributed by atoms with Crippen molar-refractivity contribution in [2.45, 2.75) is 26.7 Å². The number of hydrogen-bond donors (Lipinski definition) is 1. The van der Waals surface area contributed by atoms with Crippen LogP contribution in [0.2, 0.25) is 0 Å². The third-order valence-corrected chi connectivity index (χ3v) is 4.14. The Morgan fingerprint density at radius 2 is 1.68 bits per heavy atom. The van der Waals surface area contributed by atoms with E-state index in [0.29, 0.717) is 32.8 Å². The number of piperazine rings is 1. The molecule has 7 heteroatoms. The first-order chi connectivity index (χ1) is 12.0. The second kappa shape index (κ2) is 9.05. The molecule has 0 atom stereocenters.